The number of piperidine rings is 1. The molecule has 1 saturated heterocycles. The van der Waals surface area contributed by atoms with Gasteiger partial charge in [0.25, 0.3) is 0 Å². The fourth-order valence-electron chi connectivity index (χ4n) is 2.79. The van der Waals surface area contributed by atoms with Crippen LogP contribution in [0.2, 0.25) is 0 Å². The van der Waals surface area contributed by atoms with E-state index in [2.05, 4.69) is 26.8 Å². The molecule has 3 rings (SSSR count). The lowest BCUT2D eigenvalue weighted by Crippen LogP contribution is -2.35. The Balaban J connectivity index is 1.88. The Kier molecular flexibility index (Phi) is 3.69. The molecule has 2 aromatic rings. The third-order valence-electron chi connectivity index (χ3n) is 3.85. The van der Waals surface area contributed by atoms with Gasteiger partial charge in [-0.05, 0) is 32.3 Å². The van der Waals surface area contributed by atoms with E-state index < -0.39 is 0 Å². The number of ether oxygens (including phenoxy) is 1. The lowest BCUT2D eigenvalue weighted by molar-refractivity contribution is 0.334. The summed E-state index contributed by atoms with van der Waals surface area (Å²) in [5.41, 5.74) is 2.21. The van der Waals surface area contributed by atoms with Gasteiger partial charge in [0.15, 0.2) is 0 Å². The van der Waals surface area contributed by atoms with E-state index in [0.29, 0.717) is 18.0 Å². The number of imidazole rings is 1. The predicted octanol–water partition coefficient (Wildman–Crippen LogP) is 2.48. The van der Waals surface area contributed by atoms with Crippen molar-refractivity contribution in [3.8, 4) is 11.6 Å². The minimum absolute atomic E-state index is 0.364. The summed E-state index contributed by atoms with van der Waals surface area (Å²) in [5, 5.41) is 3.65. The largest absolute Gasteiger partial charge is 0.481 e. The van der Waals surface area contributed by atoms with Gasteiger partial charge in [-0.1, -0.05) is 0 Å². The van der Waals surface area contributed by atoms with Gasteiger partial charge in [0.2, 0.25) is 5.88 Å². The number of pyridine rings is 1. The number of aromatic nitrogens is 3. The minimum atomic E-state index is 0.364. The first kappa shape index (κ1) is 13.1. The van der Waals surface area contributed by atoms with Crippen LogP contribution in [0.25, 0.3) is 5.69 Å². The SMILES string of the molecule is COc1ccc(-n2cncc2C2CCCC(C)N2)cn1. The lowest BCUT2D eigenvalue weighted by Gasteiger charge is -2.29. The number of hydrogen-bond acceptors (Lipinski definition) is 4. The summed E-state index contributed by atoms with van der Waals surface area (Å²) in [5.74, 6) is 0.625. The minimum Gasteiger partial charge on any atom is -0.481 e. The summed E-state index contributed by atoms with van der Waals surface area (Å²) < 4.78 is 7.20. The molecule has 0 aliphatic carbocycles. The molecule has 20 heavy (non-hydrogen) atoms. The highest BCUT2D eigenvalue weighted by Gasteiger charge is 2.22. The number of nitrogens with one attached hydrogen (secondary N) is 1. The van der Waals surface area contributed by atoms with Crippen LogP contribution in [0.3, 0.4) is 0 Å². The van der Waals surface area contributed by atoms with Crippen molar-refractivity contribution in [1.29, 1.82) is 0 Å². The highest BCUT2D eigenvalue weighted by atomic mass is 16.5. The second-order valence-electron chi connectivity index (χ2n) is 5.30. The first-order valence-corrected chi connectivity index (χ1v) is 7.06. The maximum absolute atomic E-state index is 5.10. The Bertz CT molecular complexity index is 564. The molecule has 5 nitrogen and oxygen atoms in total. The molecular formula is C15H20N4O. The highest BCUT2D eigenvalue weighted by molar-refractivity contribution is 5.34. The van der Waals surface area contributed by atoms with Crippen LogP contribution in [0.15, 0.2) is 30.9 Å². The van der Waals surface area contributed by atoms with Crippen molar-refractivity contribution in [2.45, 2.75) is 38.3 Å². The molecular weight excluding hydrogens is 252 g/mol. The van der Waals surface area contributed by atoms with Crippen LogP contribution in [0.4, 0.5) is 0 Å². The van der Waals surface area contributed by atoms with Crippen molar-refractivity contribution in [2.24, 2.45) is 0 Å². The molecule has 0 radical (unpaired) electrons. The molecule has 0 aromatic carbocycles. The Hall–Kier alpha value is -1.88. The number of hydrogen-bond donors (Lipinski definition) is 1. The molecule has 2 atom stereocenters. The molecule has 1 aliphatic rings. The van der Waals surface area contributed by atoms with Crippen LogP contribution in [-0.4, -0.2) is 27.7 Å². The highest BCUT2D eigenvalue weighted by Crippen LogP contribution is 2.27. The first-order chi connectivity index (χ1) is 9.78. The van der Waals surface area contributed by atoms with Crippen molar-refractivity contribution in [1.82, 2.24) is 19.9 Å². The topological polar surface area (TPSA) is 52.0 Å². The van der Waals surface area contributed by atoms with E-state index in [0.717, 1.165) is 12.1 Å². The summed E-state index contributed by atoms with van der Waals surface area (Å²) in [6, 6.07) is 4.80. The molecule has 2 unspecified atom stereocenters. The van der Waals surface area contributed by atoms with E-state index in [1.54, 1.807) is 7.11 Å². The third kappa shape index (κ3) is 2.54. The Labute approximate surface area is 119 Å². The molecule has 1 aliphatic heterocycles. The summed E-state index contributed by atoms with van der Waals surface area (Å²) in [4.78, 5) is 8.57. The normalized spacial score (nSPS) is 22.7. The number of methoxy groups -OCH3 is 1. The fraction of sp³-hybridized carbons (Fsp3) is 0.467. The Morgan fingerprint density at radius 3 is 2.90 bits per heavy atom. The predicted molar refractivity (Wildman–Crippen MR) is 77.1 cm³/mol. The standard InChI is InChI=1S/C15H20N4O/c1-11-4-3-5-13(18-11)14-9-16-10-19(14)12-6-7-15(20-2)17-8-12/h6-11,13,18H,3-5H2,1-2H3. The molecule has 0 amide bonds. The van der Waals surface area contributed by atoms with Crippen LogP contribution >= 0.6 is 0 Å². The maximum atomic E-state index is 5.10. The van der Waals surface area contributed by atoms with Gasteiger partial charge in [0, 0.05) is 18.2 Å². The zero-order chi connectivity index (χ0) is 13.9. The fourth-order valence-corrected chi connectivity index (χ4v) is 2.79. The van der Waals surface area contributed by atoms with Gasteiger partial charge in [-0.2, -0.15) is 0 Å². The molecule has 106 valence electrons. The second kappa shape index (κ2) is 5.63. The molecule has 0 bridgehead atoms. The molecule has 1 N–H and O–H groups in total. The van der Waals surface area contributed by atoms with E-state index in [9.17, 15) is 0 Å². The average Bonchev–Trinajstić information content (AvgIpc) is 2.97. The zero-order valence-electron chi connectivity index (χ0n) is 11.9. The van der Waals surface area contributed by atoms with E-state index in [4.69, 9.17) is 4.74 Å². The van der Waals surface area contributed by atoms with E-state index >= 15 is 0 Å². The summed E-state index contributed by atoms with van der Waals surface area (Å²) in [7, 11) is 1.62. The van der Waals surface area contributed by atoms with Crippen molar-refractivity contribution in [3.63, 3.8) is 0 Å². The van der Waals surface area contributed by atoms with Gasteiger partial charge >= 0.3 is 0 Å². The van der Waals surface area contributed by atoms with Crippen LogP contribution in [0.5, 0.6) is 5.88 Å². The summed E-state index contributed by atoms with van der Waals surface area (Å²) >= 11 is 0. The smallest absolute Gasteiger partial charge is 0.213 e. The molecule has 5 heteroatoms. The quantitative estimate of drug-likeness (QED) is 0.932. The van der Waals surface area contributed by atoms with Gasteiger partial charge in [-0.25, -0.2) is 9.97 Å². The maximum Gasteiger partial charge on any atom is 0.213 e. The Morgan fingerprint density at radius 1 is 1.30 bits per heavy atom. The molecule has 3 heterocycles. The van der Waals surface area contributed by atoms with Gasteiger partial charge in [-0.3, -0.25) is 0 Å². The van der Waals surface area contributed by atoms with Crippen LogP contribution in [0.1, 0.15) is 37.9 Å². The second-order valence-corrected chi connectivity index (χ2v) is 5.30. The van der Waals surface area contributed by atoms with Crippen molar-refractivity contribution in [2.75, 3.05) is 7.11 Å². The molecule has 2 aromatic heterocycles. The van der Waals surface area contributed by atoms with Gasteiger partial charge in [-0.15, -0.1) is 0 Å². The first-order valence-electron chi connectivity index (χ1n) is 7.06. The number of rotatable bonds is 3. The van der Waals surface area contributed by atoms with Crippen LogP contribution in [-0.2, 0) is 0 Å². The van der Waals surface area contributed by atoms with Crippen molar-refractivity contribution < 1.29 is 4.74 Å². The summed E-state index contributed by atoms with van der Waals surface area (Å²) in [6.07, 6.45) is 9.26. The van der Waals surface area contributed by atoms with Crippen molar-refractivity contribution >= 4 is 0 Å². The van der Waals surface area contributed by atoms with Crippen LogP contribution < -0.4 is 10.1 Å². The van der Waals surface area contributed by atoms with Gasteiger partial charge in [0.1, 0.15) is 0 Å². The van der Waals surface area contributed by atoms with E-state index in [1.807, 2.05) is 30.9 Å². The summed E-state index contributed by atoms with van der Waals surface area (Å²) in [6.45, 7) is 2.24. The average molecular weight is 272 g/mol. The zero-order valence-corrected chi connectivity index (χ0v) is 11.9. The lowest BCUT2D eigenvalue weighted by atomic mass is 9.97. The van der Waals surface area contributed by atoms with Gasteiger partial charge < -0.3 is 14.6 Å². The Morgan fingerprint density at radius 2 is 2.20 bits per heavy atom. The number of nitrogens with zero attached hydrogens (tertiary/aromatic N) is 3. The molecule has 0 saturated carbocycles. The molecule has 0 spiro atoms. The van der Waals surface area contributed by atoms with Crippen molar-refractivity contribution in [3.05, 3.63) is 36.5 Å². The van der Waals surface area contributed by atoms with E-state index in [-0.39, 0.29) is 0 Å². The van der Waals surface area contributed by atoms with E-state index in [1.165, 1.54) is 18.5 Å². The molecule has 1 fully saturated rings. The van der Waals surface area contributed by atoms with Gasteiger partial charge in [0.05, 0.1) is 37.2 Å². The third-order valence-corrected chi connectivity index (χ3v) is 3.85. The van der Waals surface area contributed by atoms with Crippen LogP contribution in [0, 0.1) is 0 Å². The monoisotopic (exact) mass is 272 g/mol.